The Kier molecular flexibility index (Phi) is 5.32. The zero-order chi connectivity index (χ0) is 20.6. The normalized spacial score (nSPS) is 19.4. The second kappa shape index (κ2) is 7.77. The highest BCUT2D eigenvalue weighted by Gasteiger charge is 2.39. The van der Waals surface area contributed by atoms with Crippen LogP contribution in [0.5, 0.6) is 0 Å². The predicted molar refractivity (Wildman–Crippen MR) is 116 cm³/mol. The molecule has 1 saturated carbocycles. The molecule has 1 aliphatic carbocycles. The van der Waals surface area contributed by atoms with Gasteiger partial charge in [0.2, 0.25) is 0 Å². The van der Waals surface area contributed by atoms with Crippen molar-refractivity contribution in [2.45, 2.75) is 78.3 Å². The van der Waals surface area contributed by atoms with E-state index >= 15 is 0 Å². The first-order valence-electron chi connectivity index (χ1n) is 10.8. The van der Waals surface area contributed by atoms with Crippen LogP contribution in [-0.2, 0) is 6.54 Å². The number of carbonyl (C=O) groups is 1. The molecule has 0 radical (unpaired) electrons. The molecule has 0 N–H and O–H groups in total. The molecule has 1 fully saturated rings. The van der Waals surface area contributed by atoms with Crippen molar-refractivity contribution in [3.63, 3.8) is 0 Å². The van der Waals surface area contributed by atoms with Gasteiger partial charge in [-0.3, -0.25) is 9.48 Å². The van der Waals surface area contributed by atoms with Crippen molar-refractivity contribution >= 4 is 11.6 Å². The van der Waals surface area contributed by atoms with Gasteiger partial charge in [-0.15, -0.1) is 0 Å². The first kappa shape index (κ1) is 19.9. The zero-order valence-electron chi connectivity index (χ0n) is 18.1. The van der Waals surface area contributed by atoms with E-state index in [4.69, 9.17) is 5.10 Å². The minimum atomic E-state index is -0.352. The first-order chi connectivity index (χ1) is 13.8. The number of carbonyl (C=O) groups excluding carboxylic acids is 1. The molecule has 154 valence electrons. The molecule has 2 aliphatic rings. The van der Waals surface area contributed by atoms with Crippen molar-refractivity contribution in [3.05, 3.63) is 52.8 Å². The van der Waals surface area contributed by atoms with Crippen LogP contribution in [0.1, 0.15) is 79.4 Å². The molecule has 1 amide bonds. The quantitative estimate of drug-likeness (QED) is 0.726. The Balaban J connectivity index is 1.53. The van der Waals surface area contributed by atoms with Crippen molar-refractivity contribution in [1.29, 1.82) is 0 Å². The average Bonchev–Trinajstić information content (AvgIpc) is 3.25. The van der Waals surface area contributed by atoms with E-state index in [0.717, 1.165) is 24.2 Å². The fourth-order valence-corrected chi connectivity index (χ4v) is 4.73. The van der Waals surface area contributed by atoms with Crippen LogP contribution in [0.15, 0.2) is 35.7 Å². The minimum Gasteiger partial charge on any atom is -0.272 e. The molecule has 4 rings (SSSR count). The molecule has 0 spiro atoms. The van der Waals surface area contributed by atoms with Crippen molar-refractivity contribution in [2.75, 3.05) is 0 Å². The molecule has 0 unspecified atom stereocenters. The lowest BCUT2D eigenvalue weighted by Crippen LogP contribution is -2.40. The number of amides is 1. The van der Waals surface area contributed by atoms with Gasteiger partial charge in [0.05, 0.1) is 23.0 Å². The van der Waals surface area contributed by atoms with Gasteiger partial charge in [0, 0.05) is 19.2 Å². The van der Waals surface area contributed by atoms with Crippen molar-refractivity contribution < 1.29 is 4.79 Å². The number of rotatable bonds is 4. The van der Waals surface area contributed by atoms with Gasteiger partial charge in [-0.25, -0.2) is 5.01 Å². The Labute approximate surface area is 173 Å². The van der Waals surface area contributed by atoms with Crippen LogP contribution >= 0.6 is 0 Å². The third-order valence-corrected chi connectivity index (χ3v) is 6.19. The molecule has 29 heavy (non-hydrogen) atoms. The molecule has 1 aromatic carbocycles. The van der Waals surface area contributed by atoms with E-state index < -0.39 is 0 Å². The molecule has 0 bridgehead atoms. The maximum absolute atomic E-state index is 13.2. The molecular formula is C24H32N4O. The van der Waals surface area contributed by atoms with Crippen molar-refractivity contribution in [1.82, 2.24) is 14.8 Å². The Morgan fingerprint density at radius 3 is 2.48 bits per heavy atom. The topological polar surface area (TPSA) is 50.5 Å². The number of hydrogen-bond acceptors (Lipinski definition) is 3. The SMILES string of the molecule is Cc1cc(C)cc(C2=NN(C(=O)c3cnn(CC4CCCCC4)c3)C(C)(C)C2)c1. The summed E-state index contributed by atoms with van der Waals surface area (Å²) in [6.45, 7) is 9.27. The Hall–Kier alpha value is -2.43. The largest absolute Gasteiger partial charge is 0.277 e. The van der Waals surface area contributed by atoms with Gasteiger partial charge in [0.15, 0.2) is 0 Å². The van der Waals surface area contributed by atoms with Gasteiger partial charge in [-0.1, -0.05) is 48.6 Å². The third kappa shape index (κ3) is 4.29. The highest BCUT2D eigenvalue weighted by Crippen LogP contribution is 2.31. The van der Waals surface area contributed by atoms with Gasteiger partial charge < -0.3 is 0 Å². The molecule has 0 saturated heterocycles. The Morgan fingerprint density at radius 1 is 1.10 bits per heavy atom. The fraction of sp³-hybridized carbons (Fsp3) is 0.542. The number of hydrazone groups is 1. The van der Waals surface area contributed by atoms with Crippen LogP contribution in [0.3, 0.4) is 0 Å². The highest BCUT2D eigenvalue weighted by atomic mass is 16.2. The summed E-state index contributed by atoms with van der Waals surface area (Å²) in [4.78, 5) is 13.2. The van der Waals surface area contributed by atoms with Gasteiger partial charge in [-0.2, -0.15) is 10.2 Å². The average molecular weight is 393 g/mol. The van der Waals surface area contributed by atoms with Crippen molar-refractivity contribution in [2.24, 2.45) is 11.0 Å². The molecule has 1 aromatic heterocycles. The van der Waals surface area contributed by atoms with Crippen LogP contribution in [0.25, 0.3) is 0 Å². The number of nitrogens with zero attached hydrogens (tertiary/aromatic N) is 4. The first-order valence-corrected chi connectivity index (χ1v) is 10.8. The maximum atomic E-state index is 13.2. The van der Waals surface area contributed by atoms with E-state index in [0.29, 0.717) is 11.5 Å². The predicted octanol–water partition coefficient (Wildman–Crippen LogP) is 5.11. The summed E-state index contributed by atoms with van der Waals surface area (Å²) in [7, 11) is 0. The van der Waals surface area contributed by atoms with Crippen molar-refractivity contribution in [3.8, 4) is 0 Å². The smallest absolute Gasteiger partial charge is 0.272 e. The summed E-state index contributed by atoms with van der Waals surface area (Å²) in [6.07, 6.45) is 10.9. The Bertz CT molecular complexity index is 914. The van der Waals surface area contributed by atoms with E-state index in [1.807, 2.05) is 10.9 Å². The Morgan fingerprint density at radius 2 is 1.79 bits per heavy atom. The van der Waals surface area contributed by atoms with Crippen LogP contribution in [0.2, 0.25) is 0 Å². The molecule has 2 aromatic rings. The lowest BCUT2D eigenvalue weighted by molar-refractivity contribution is 0.0612. The van der Waals surface area contributed by atoms with Crippen LogP contribution in [0.4, 0.5) is 0 Å². The third-order valence-electron chi connectivity index (χ3n) is 6.19. The minimum absolute atomic E-state index is 0.0655. The van der Waals surface area contributed by atoms with Crippen LogP contribution < -0.4 is 0 Å². The molecule has 2 heterocycles. The van der Waals surface area contributed by atoms with Gasteiger partial charge in [0.25, 0.3) is 5.91 Å². The van der Waals surface area contributed by atoms with E-state index in [1.54, 1.807) is 11.2 Å². The summed E-state index contributed by atoms with van der Waals surface area (Å²) >= 11 is 0. The second-order valence-corrected chi connectivity index (χ2v) is 9.48. The molecule has 5 heteroatoms. The van der Waals surface area contributed by atoms with Gasteiger partial charge in [0.1, 0.15) is 0 Å². The highest BCUT2D eigenvalue weighted by molar-refractivity contribution is 6.05. The lowest BCUT2D eigenvalue weighted by Gasteiger charge is -2.28. The summed E-state index contributed by atoms with van der Waals surface area (Å²) in [5.74, 6) is 0.619. The van der Waals surface area contributed by atoms with Gasteiger partial charge in [-0.05, 0) is 52.0 Å². The van der Waals surface area contributed by atoms with E-state index in [1.165, 1.54) is 43.2 Å². The molecular weight excluding hydrogens is 360 g/mol. The monoisotopic (exact) mass is 392 g/mol. The second-order valence-electron chi connectivity index (χ2n) is 9.48. The van der Waals surface area contributed by atoms with Crippen LogP contribution in [-0.4, -0.2) is 31.9 Å². The van der Waals surface area contributed by atoms with E-state index in [2.05, 4.69) is 51.0 Å². The number of hydrogen-bond donors (Lipinski definition) is 0. The molecule has 5 nitrogen and oxygen atoms in total. The van der Waals surface area contributed by atoms with Crippen LogP contribution in [0, 0.1) is 19.8 Å². The maximum Gasteiger partial charge on any atom is 0.277 e. The summed E-state index contributed by atoms with van der Waals surface area (Å²) in [5, 5.41) is 10.9. The molecule has 0 atom stereocenters. The van der Waals surface area contributed by atoms with E-state index in [-0.39, 0.29) is 11.4 Å². The summed E-state index contributed by atoms with van der Waals surface area (Å²) < 4.78 is 1.95. The van der Waals surface area contributed by atoms with E-state index in [9.17, 15) is 4.79 Å². The fourth-order valence-electron chi connectivity index (χ4n) is 4.73. The lowest BCUT2D eigenvalue weighted by atomic mass is 9.89. The summed E-state index contributed by atoms with van der Waals surface area (Å²) in [5.41, 5.74) is 4.79. The standard InChI is InChI=1S/C24H32N4O/c1-17-10-18(2)12-20(11-17)22-13-24(3,4)28(26-22)23(29)21-14-25-27(16-21)15-19-8-6-5-7-9-19/h10-12,14,16,19H,5-9,13,15H2,1-4H3. The zero-order valence-corrected chi connectivity index (χ0v) is 18.1. The van der Waals surface area contributed by atoms with Gasteiger partial charge >= 0.3 is 0 Å². The molecule has 1 aliphatic heterocycles. The number of benzene rings is 1. The number of aryl methyl sites for hydroxylation is 2. The summed E-state index contributed by atoms with van der Waals surface area (Å²) in [6, 6.07) is 6.46. The number of aromatic nitrogens is 2.